The number of esters is 1. The second-order valence-electron chi connectivity index (χ2n) is 10.4. The van der Waals surface area contributed by atoms with Gasteiger partial charge < -0.3 is 24.8 Å². The van der Waals surface area contributed by atoms with E-state index in [1.165, 1.54) is 24.6 Å². The average Bonchev–Trinajstić information content (AvgIpc) is 3.63. The maximum atomic E-state index is 13.4. The number of H-pyrrole nitrogens is 1. The third-order valence-corrected chi connectivity index (χ3v) is 7.60. The highest BCUT2D eigenvalue weighted by Crippen LogP contribution is 2.42. The number of aromatic nitrogens is 3. The zero-order chi connectivity index (χ0) is 28.8. The van der Waals surface area contributed by atoms with Crippen LogP contribution in [-0.2, 0) is 21.5 Å². The molecule has 12 heteroatoms. The van der Waals surface area contributed by atoms with E-state index in [9.17, 15) is 19.9 Å². The van der Waals surface area contributed by atoms with Crippen molar-refractivity contribution in [3.8, 4) is 22.4 Å². The SMILES string of the molecule is COC(=O)c1cc(-c2cnc(C3(O)CCc4cc(-c5cc(Cl)ccc5NC(=O)OC(C)(C)C)c[n+]([O-])c43)[nH]2)cs1. The van der Waals surface area contributed by atoms with Crippen LogP contribution in [-0.4, -0.2) is 39.8 Å². The Morgan fingerprint density at radius 1 is 1.25 bits per heavy atom. The molecular weight excluding hydrogens is 556 g/mol. The normalized spacial score (nSPS) is 16.4. The molecule has 3 heterocycles. The van der Waals surface area contributed by atoms with Gasteiger partial charge >= 0.3 is 12.1 Å². The third kappa shape index (κ3) is 5.27. The molecule has 1 atom stereocenters. The number of benzene rings is 1. The predicted octanol–water partition coefficient (Wildman–Crippen LogP) is 5.41. The van der Waals surface area contributed by atoms with E-state index < -0.39 is 23.3 Å². The van der Waals surface area contributed by atoms with Gasteiger partial charge in [0.05, 0.1) is 24.7 Å². The minimum Gasteiger partial charge on any atom is -0.618 e. The summed E-state index contributed by atoms with van der Waals surface area (Å²) in [5, 5.41) is 30.0. The van der Waals surface area contributed by atoms with Crippen LogP contribution in [0.15, 0.2) is 48.1 Å². The van der Waals surface area contributed by atoms with Crippen molar-refractivity contribution in [2.75, 3.05) is 12.4 Å². The molecule has 1 aromatic carbocycles. The monoisotopic (exact) mass is 582 g/mol. The first-order chi connectivity index (χ1) is 18.9. The number of aromatic amines is 1. The van der Waals surface area contributed by atoms with Crippen LogP contribution >= 0.6 is 22.9 Å². The zero-order valence-electron chi connectivity index (χ0n) is 22.2. The molecule has 0 saturated carbocycles. The van der Waals surface area contributed by atoms with Gasteiger partial charge in [-0.05, 0) is 63.9 Å². The van der Waals surface area contributed by atoms with Crippen molar-refractivity contribution in [3.63, 3.8) is 0 Å². The van der Waals surface area contributed by atoms with Crippen molar-refractivity contribution in [2.45, 2.75) is 44.8 Å². The number of nitrogens with zero attached hydrogens (tertiary/aromatic N) is 2. The van der Waals surface area contributed by atoms with E-state index in [-0.39, 0.29) is 17.9 Å². The minimum absolute atomic E-state index is 0.168. The van der Waals surface area contributed by atoms with Crippen LogP contribution in [0.2, 0.25) is 5.02 Å². The van der Waals surface area contributed by atoms with Gasteiger partial charge in [-0.15, -0.1) is 11.3 Å². The van der Waals surface area contributed by atoms with E-state index in [1.54, 1.807) is 62.7 Å². The molecular formula is C28H27ClN4O6S. The number of hydrogen-bond donors (Lipinski definition) is 3. The fourth-order valence-corrected chi connectivity index (χ4v) is 5.71. The largest absolute Gasteiger partial charge is 0.618 e. The summed E-state index contributed by atoms with van der Waals surface area (Å²) in [6, 6.07) is 8.40. The van der Waals surface area contributed by atoms with Gasteiger partial charge in [0.1, 0.15) is 16.3 Å². The van der Waals surface area contributed by atoms with E-state index in [1.807, 2.05) is 0 Å². The number of nitrogens with one attached hydrogen (secondary N) is 2. The summed E-state index contributed by atoms with van der Waals surface area (Å²) in [4.78, 5) is 32.2. The van der Waals surface area contributed by atoms with E-state index >= 15 is 0 Å². The number of aryl methyl sites for hydroxylation is 1. The van der Waals surface area contributed by atoms with Crippen molar-refractivity contribution >= 4 is 40.7 Å². The number of methoxy groups -OCH3 is 1. The summed E-state index contributed by atoms with van der Waals surface area (Å²) in [6.07, 6.45) is 2.90. The van der Waals surface area contributed by atoms with Crippen molar-refractivity contribution in [2.24, 2.45) is 0 Å². The van der Waals surface area contributed by atoms with Crippen LogP contribution in [0.3, 0.4) is 0 Å². The van der Waals surface area contributed by atoms with Gasteiger partial charge in [0.25, 0.3) is 0 Å². The van der Waals surface area contributed by atoms with E-state index in [0.29, 0.717) is 54.7 Å². The summed E-state index contributed by atoms with van der Waals surface area (Å²) in [5.74, 6) is -0.217. The summed E-state index contributed by atoms with van der Waals surface area (Å²) in [7, 11) is 1.32. The first-order valence-corrected chi connectivity index (χ1v) is 13.7. The Morgan fingerprint density at radius 2 is 2.02 bits per heavy atom. The van der Waals surface area contributed by atoms with Gasteiger partial charge in [0.15, 0.2) is 6.20 Å². The van der Waals surface area contributed by atoms with Crippen LogP contribution in [0.4, 0.5) is 10.5 Å². The molecule has 40 heavy (non-hydrogen) atoms. The number of ether oxygens (including phenoxy) is 2. The summed E-state index contributed by atoms with van der Waals surface area (Å²) in [6.45, 7) is 5.29. The Hall–Kier alpha value is -3.93. The lowest BCUT2D eigenvalue weighted by Crippen LogP contribution is -2.42. The van der Waals surface area contributed by atoms with Gasteiger partial charge in [-0.25, -0.2) is 14.6 Å². The smallest absolute Gasteiger partial charge is 0.412 e. The van der Waals surface area contributed by atoms with Gasteiger partial charge in [-0.2, -0.15) is 4.73 Å². The molecule has 1 aliphatic rings. The summed E-state index contributed by atoms with van der Waals surface area (Å²) >= 11 is 7.50. The molecule has 3 N–H and O–H groups in total. The molecule has 0 saturated heterocycles. The molecule has 1 aliphatic carbocycles. The van der Waals surface area contributed by atoms with Crippen LogP contribution in [0.25, 0.3) is 22.4 Å². The molecule has 5 rings (SSSR count). The molecule has 208 valence electrons. The quantitative estimate of drug-likeness (QED) is 0.162. The number of anilines is 1. The molecule has 4 aromatic rings. The number of hydrogen-bond acceptors (Lipinski definition) is 8. The van der Waals surface area contributed by atoms with Crippen LogP contribution < -0.4 is 10.0 Å². The first-order valence-electron chi connectivity index (χ1n) is 12.4. The van der Waals surface area contributed by atoms with Crippen molar-refractivity contribution < 1.29 is 28.9 Å². The number of thiophene rings is 1. The van der Waals surface area contributed by atoms with Crippen molar-refractivity contribution in [1.29, 1.82) is 0 Å². The first kappa shape index (κ1) is 27.6. The highest BCUT2D eigenvalue weighted by Gasteiger charge is 2.48. The molecule has 0 spiro atoms. The highest BCUT2D eigenvalue weighted by molar-refractivity contribution is 7.12. The van der Waals surface area contributed by atoms with Crippen molar-refractivity contribution in [1.82, 2.24) is 9.97 Å². The molecule has 0 fully saturated rings. The van der Waals surface area contributed by atoms with E-state index in [2.05, 4.69) is 15.3 Å². The second-order valence-corrected chi connectivity index (χ2v) is 11.8. The number of imidazole rings is 1. The third-order valence-electron chi connectivity index (χ3n) is 6.45. The Morgan fingerprint density at radius 3 is 2.75 bits per heavy atom. The van der Waals surface area contributed by atoms with Crippen LogP contribution in [0.1, 0.15) is 53.9 Å². The Bertz CT molecular complexity index is 1630. The lowest BCUT2D eigenvalue weighted by Gasteiger charge is -2.21. The fraction of sp³-hybridized carbons (Fsp3) is 0.286. The number of rotatable bonds is 5. The number of halogens is 1. The summed E-state index contributed by atoms with van der Waals surface area (Å²) in [5.41, 5.74) is 1.23. The number of carbonyl (C=O) groups excluding carboxylic acids is 2. The van der Waals surface area contributed by atoms with Gasteiger partial charge in [0, 0.05) is 32.7 Å². The topological polar surface area (TPSA) is 140 Å². The second kappa shape index (κ2) is 10.2. The van der Waals surface area contributed by atoms with Crippen LogP contribution in [0.5, 0.6) is 0 Å². The molecule has 3 aromatic heterocycles. The minimum atomic E-state index is -1.65. The number of aliphatic hydroxyl groups is 1. The Balaban J connectivity index is 1.48. The van der Waals surface area contributed by atoms with Gasteiger partial charge in [0.2, 0.25) is 11.3 Å². The van der Waals surface area contributed by atoms with E-state index in [4.69, 9.17) is 21.1 Å². The van der Waals surface area contributed by atoms with Gasteiger partial charge in [-0.1, -0.05) is 11.6 Å². The van der Waals surface area contributed by atoms with Gasteiger partial charge in [-0.3, -0.25) is 5.32 Å². The lowest BCUT2D eigenvalue weighted by molar-refractivity contribution is -0.620. The molecule has 1 unspecified atom stereocenters. The molecule has 0 bridgehead atoms. The number of fused-ring (bicyclic) bond motifs is 1. The molecule has 0 aliphatic heterocycles. The Labute approximate surface area is 239 Å². The fourth-order valence-electron chi connectivity index (χ4n) is 4.72. The maximum Gasteiger partial charge on any atom is 0.412 e. The number of pyridine rings is 1. The predicted molar refractivity (Wildman–Crippen MR) is 150 cm³/mol. The van der Waals surface area contributed by atoms with Crippen molar-refractivity contribution in [3.05, 3.63) is 80.3 Å². The maximum absolute atomic E-state index is 13.4. The zero-order valence-corrected chi connectivity index (χ0v) is 23.8. The number of carbonyl (C=O) groups is 2. The van der Waals surface area contributed by atoms with E-state index in [0.717, 1.165) is 0 Å². The highest BCUT2D eigenvalue weighted by atomic mass is 35.5. The lowest BCUT2D eigenvalue weighted by atomic mass is 9.98. The Kier molecular flexibility index (Phi) is 7.07. The number of amides is 1. The molecule has 10 nitrogen and oxygen atoms in total. The van der Waals surface area contributed by atoms with Crippen LogP contribution in [0, 0.1) is 5.21 Å². The molecule has 1 amide bonds. The summed E-state index contributed by atoms with van der Waals surface area (Å²) < 4.78 is 10.8. The molecule has 0 radical (unpaired) electrons. The average molecular weight is 583 g/mol. The standard InChI is InChI=1S/C28H27ClN4O6S/c1-27(2,3)39-26(35)32-20-6-5-18(29)11-19(20)16-9-15-7-8-28(36,23(15)33(37)13-16)25-30-12-21(31-25)17-10-22(40-14-17)24(34)38-4/h5-6,9-14,36H,7-8H2,1-4H3,(H,30,31)(H,32,35).